The number of hydrogen-bond donors (Lipinski definition) is 3. The molecule has 1 aliphatic heterocycles. The lowest BCUT2D eigenvalue weighted by Crippen LogP contribution is -2.35. The monoisotopic (exact) mass is 360 g/mol. The fourth-order valence-corrected chi connectivity index (χ4v) is 4.12. The zero-order valence-corrected chi connectivity index (χ0v) is 16.7. The molecule has 0 bridgehead atoms. The van der Waals surface area contributed by atoms with E-state index in [2.05, 4.69) is 24.5 Å². The number of benzene rings is 1. The highest BCUT2D eigenvalue weighted by Crippen LogP contribution is 2.28. The van der Waals surface area contributed by atoms with Crippen LogP contribution in [0.1, 0.15) is 69.1 Å². The Kier molecular flexibility index (Phi) is 8.43. The van der Waals surface area contributed by atoms with E-state index in [4.69, 9.17) is 0 Å². The van der Waals surface area contributed by atoms with E-state index >= 15 is 0 Å². The van der Waals surface area contributed by atoms with Crippen LogP contribution in [-0.4, -0.2) is 24.1 Å². The number of hydrogen-bond acceptors (Lipinski definition) is 3. The van der Waals surface area contributed by atoms with Crippen LogP contribution in [-0.2, 0) is 17.8 Å². The summed E-state index contributed by atoms with van der Waals surface area (Å²) in [5.41, 5.74) is 3.69. The minimum Gasteiger partial charge on any atom is -0.508 e. The average Bonchev–Trinajstić information content (AvgIpc) is 2.66. The van der Waals surface area contributed by atoms with Crippen LogP contribution in [0, 0.1) is 18.8 Å². The fourth-order valence-electron chi connectivity index (χ4n) is 4.12. The van der Waals surface area contributed by atoms with Gasteiger partial charge < -0.3 is 15.7 Å². The van der Waals surface area contributed by atoms with E-state index in [-0.39, 0.29) is 0 Å². The third-order valence-corrected chi connectivity index (χ3v) is 5.94. The van der Waals surface area contributed by atoms with Gasteiger partial charge in [0.1, 0.15) is 5.75 Å². The van der Waals surface area contributed by atoms with E-state index in [0.717, 1.165) is 37.4 Å². The molecule has 4 nitrogen and oxygen atoms in total. The highest BCUT2D eigenvalue weighted by Gasteiger charge is 2.20. The highest BCUT2D eigenvalue weighted by molar-refractivity contribution is 5.46. The van der Waals surface area contributed by atoms with Gasteiger partial charge in [-0.2, -0.15) is 0 Å². The Morgan fingerprint density at radius 2 is 2.00 bits per heavy atom. The van der Waals surface area contributed by atoms with Crippen LogP contribution in [0.4, 0.5) is 0 Å². The average molecular weight is 361 g/mol. The number of fused-ring (bicyclic) bond motifs is 1. The van der Waals surface area contributed by atoms with E-state index in [1.165, 1.54) is 49.7 Å². The molecule has 3 N–H and O–H groups in total. The standard InChI is InChI=1S/C12H23NO.C10H13NO/c1-10(2)12(13-9-14)8-11-6-4-3-5-7-11;1-7-9-6-11-5-4-8(9)2-3-10(7)12/h9-12H,3-8H2,1-2H3,(H,13,14);2-3,11-12H,4-6H2,1H3. The van der Waals surface area contributed by atoms with E-state index < -0.39 is 0 Å². The van der Waals surface area contributed by atoms with Crippen molar-refractivity contribution < 1.29 is 9.90 Å². The number of rotatable bonds is 5. The molecule has 1 atom stereocenters. The molecule has 4 heteroatoms. The first-order valence-electron chi connectivity index (χ1n) is 10.2. The van der Waals surface area contributed by atoms with Crippen molar-refractivity contribution in [2.75, 3.05) is 6.54 Å². The molecule has 0 aromatic heterocycles. The molecular formula is C22H36N2O2. The molecule has 0 spiro atoms. The van der Waals surface area contributed by atoms with Crippen molar-refractivity contribution in [3.8, 4) is 5.75 Å². The molecule has 2 aliphatic rings. The Bertz CT molecular complexity index is 566. The topological polar surface area (TPSA) is 61.4 Å². The van der Waals surface area contributed by atoms with Gasteiger partial charge >= 0.3 is 0 Å². The maximum Gasteiger partial charge on any atom is 0.207 e. The van der Waals surface area contributed by atoms with Crippen molar-refractivity contribution in [3.63, 3.8) is 0 Å². The lowest BCUT2D eigenvalue weighted by atomic mass is 9.82. The van der Waals surface area contributed by atoms with Crippen LogP contribution in [0.2, 0.25) is 0 Å². The Morgan fingerprint density at radius 1 is 1.27 bits per heavy atom. The molecule has 1 aliphatic carbocycles. The first-order valence-corrected chi connectivity index (χ1v) is 10.2. The molecule has 1 aromatic carbocycles. The zero-order chi connectivity index (χ0) is 18.9. The second-order valence-corrected chi connectivity index (χ2v) is 8.15. The largest absolute Gasteiger partial charge is 0.508 e. The minimum atomic E-state index is 0.385. The van der Waals surface area contributed by atoms with Crippen LogP contribution >= 0.6 is 0 Å². The third-order valence-electron chi connectivity index (χ3n) is 5.94. The van der Waals surface area contributed by atoms with Gasteiger partial charge in [-0.1, -0.05) is 52.0 Å². The molecular weight excluding hydrogens is 324 g/mol. The van der Waals surface area contributed by atoms with Gasteiger partial charge in [-0.25, -0.2) is 0 Å². The summed E-state index contributed by atoms with van der Waals surface area (Å²) in [6.07, 6.45) is 10.0. The summed E-state index contributed by atoms with van der Waals surface area (Å²) in [6.45, 7) is 8.29. The van der Waals surface area contributed by atoms with Crippen molar-refractivity contribution >= 4 is 6.41 Å². The molecule has 0 saturated heterocycles. The first-order chi connectivity index (χ1) is 12.5. The molecule has 1 amide bonds. The first kappa shape index (κ1) is 20.8. The zero-order valence-electron chi connectivity index (χ0n) is 16.7. The predicted molar refractivity (Wildman–Crippen MR) is 107 cm³/mol. The summed E-state index contributed by atoms with van der Waals surface area (Å²) in [7, 11) is 0. The van der Waals surface area contributed by atoms with E-state index in [0.29, 0.717) is 17.7 Å². The predicted octanol–water partition coefficient (Wildman–Crippen LogP) is 4.07. The van der Waals surface area contributed by atoms with Crippen molar-refractivity contribution in [1.82, 2.24) is 10.6 Å². The lowest BCUT2D eigenvalue weighted by Gasteiger charge is -2.28. The lowest BCUT2D eigenvalue weighted by molar-refractivity contribution is -0.110. The van der Waals surface area contributed by atoms with Gasteiger partial charge in [0.15, 0.2) is 0 Å². The van der Waals surface area contributed by atoms with Gasteiger partial charge in [0.2, 0.25) is 6.41 Å². The van der Waals surface area contributed by atoms with Crippen LogP contribution < -0.4 is 10.6 Å². The second kappa shape index (κ2) is 10.6. The van der Waals surface area contributed by atoms with Gasteiger partial charge in [0.05, 0.1) is 0 Å². The van der Waals surface area contributed by atoms with Crippen molar-refractivity contribution in [2.45, 2.75) is 78.3 Å². The van der Waals surface area contributed by atoms with Crippen LogP contribution in [0.5, 0.6) is 5.75 Å². The number of carbonyl (C=O) groups is 1. The Morgan fingerprint density at radius 3 is 2.65 bits per heavy atom. The highest BCUT2D eigenvalue weighted by atomic mass is 16.3. The Balaban J connectivity index is 0.000000189. The number of aromatic hydroxyl groups is 1. The molecule has 1 unspecified atom stereocenters. The molecule has 3 rings (SSSR count). The summed E-state index contributed by atoms with van der Waals surface area (Å²) in [4.78, 5) is 10.5. The van der Waals surface area contributed by atoms with E-state index in [9.17, 15) is 9.90 Å². The second-order valence-electron chi connectivity index (χ2n) is 8.15. The Labute approximate surface area is 158 Å². The quantitative estimate of drug-likeness (QED) is 0.694. The SMILES string of the molecule is CC(C)C(CC1CCCCC1)NC=O.Cc1c(O)ccc2c1CNCC2. The van der Waals surface area contributed by atoms with Gasteiger partial charge in [-0.05, 0) is 60.9 Å². The minimum absolute atomic E-state index is 0.385. The summed E-state index contributed by atoms with van der Waals surface area (Å²) < 4.78 is 0. The van der Waals surface area contributed by atoms with Crippen LogP contribution in [0.25, 0.3) is 0 Å². The third kappa shape index (κ3) is 6.01. The van der Waals surface area contributed by atoms with Crippen molar-refractivity contribution in [2.24, 2.45) is 11.8 Å². The molecule has 1 heterocycles. The van der Waals surface area contributed by atoms with Gasteiger partial charge in [-0.15, -0.1) is 0 Å². The maximum absolute atomic E-state index is 10.5. The van der Waals surface area contributed by atoms with Crippen molar-refractivity contribution in [3.05, 3.63) is 28.8 Å². The number of nitrogens with one attached hydrogen (secondary N) is 2. The summed E-state index contributed by atoms with van der Waals surface area (Å²) in [6, 6.07) is 4.20. The number of phenolic OH excluding ortho intramolecular Hbond substituents is 1. The van der Waals surface area contributed by atoms with Crippen LogP contribution in [0.3, 0.4) is 0 Å². The molecule has 1 aromatic rings. The molecule has 0 radical (unpaired) electrons. The number of carbonyl (C=O) groups excluding carboxylic acids is 1. The summed E-state index contributed by atoms with van der Waals surface area (Å²) >= 11 is 0. The summed E-state index contributed by atoms with van der Waals surface area (Å²) in [5.74, 6) is 1.82. The maximum atomic E-state index is 10.5. The summed E-state index contributed by atoms with van der Waals surface area (Å²) in [5, 5.41) is 15.7. The number of phenols is 1. The smallest absolute Gasteiger partial charge is 0.207 e. The molecule has 146 valence electrons. The van der Waals surface area contributed by atoms with Gasteiger partial charge in [-0.3, -0.25) is 4.79 Å². The van der Waals surface area contributed by atoms with Gasteiger partial charge in [0, 0.05) is 12.6 Å². The molecule has 1 fully saturated rings. The molecule has 1 saturated carbocycles. The number of amides is 1. The fraction of sp³-hybridized carbons (Fsp3) is 0.682. The van der Waals surface area contributed by atoms with Crippen molar-refractivity contribution in [1.29, 1.82) is 0 Å². The normalized spacial score (nSPS) is 18.5. The van der Waals surface area contributed by atoms with Crippen LogP contribution in [0.15, 0.2) is 12.1 Å². The van der Waals surface area contributed by atoms with Gasteiger partial charge in [0.25, 0.3) is 0 Å². The van der Waals surface area contributed by atoms with E-state index in [1.807, 2.05) is 13.0 Å². The Hall–Kier alpha value is -1.55. The van der Waals surface area contributed by atoms with E-state index in [1.54, 1.807) is 6.07 Å². The molecule has 26 heavy (non-hydrogen) atoms.